The molecular formula is C39H41ClN10O6. The van der Waals surface area contributed by atoms with Crippen LogP contribution in [0.15, 0.2) is 54.7 Å². The molecule has 3 aliphatic rings. The number of halogens is 1. The first-order valence-electron chi connectivity index (χ1n) is 18.6. The summed E-state index contributed by atoms with van der Waals surface area (Å²) in [6.45, 7) is 7.98. The molecule has 290 valence electrons. The van der Waals surface area contributed by atoms with Gasteiger partial charge in [0.05, 0.1) is 46.3 Å². The van der Waals surface area contributed by atoms with E-state index in [0.717, 1.165) is 67.4 Å². The van der Waals surface area contributed by atoms with Crippen molar-refractivity contribution < 1.29 is 28.7 Å². The number of fused-ring (bicyclic) bond motifs is 1. The molecule has 2 aromatic heterocycles. The summed E-state index contributed by atoms with van der Waals surface area (Å²) in [5.74, 6) is -1.94. The largest absolute Gasteiger partial charge is 0.494 e. The van der Waals surface area contributed by atoms with Gasteiger partial charge in [0.2, 0.25) is 11.8 Å². The summed E-state index contributed by atoms with van der Waals surface area (Å²) in [5, 5.41) is 26.5. The number of benzene rings is 2. The van der Waals surface area contributed by atoms with Crippen LogP contribution in [0.25, 0.3) is 11.3 Å². The van der Waals surface area contributed by atoms with E-state index >= 15 is 0 Å². The number of unbranched alkanes of at least 4 members (excludes halogenated alkanes) is 1. The number of H-pyrrole nitrogens is 1. The minimum Gasteiger partial charge on any atom is -0.494 e. The average molecular weight is 781 g/mol. The number of imide groups is 2. The van der Waals surface area contributed by atoms with E-state index in [2.05, 4.69) is 41.8 Å². The van der Waals surface area contributed by atoms with Crippen molar-refractivity contribution in [2.45, 2.75) is 57.8 Å². The highest BCUT2D eigenvalue weighted by Gasteiger charge is 2.44. The third-order valence-electron chi connectivity index (χ3n) is 10.1. The number of carbonyl (C=O) groups excluding carboxylic acids is 5. The summed E-state index contributed by atoms with van der Waals surface area (Å²) in [5.41, 5.74) is 3.54. The van der Waals surface area contributed by atoms with Crippen LogP contribution < -0.4 is 15.4 Å². The Morgan fingerprint density at radius 2 is 1.80 bits per heavy atom. The van der Waals surface area contributed by atoms with Crippen molar-refractivity contribution >= 4 is 41.1 Å². The molecule has 5 amide bonds. The van der Waals surface area contributed by atoms with E-state index in [1.54, 1.807) is 47.1 Å². The predicted molar refractivity (Wildman–Crippen MR) is 202 cm³/mol. The maximum atomic E-state index is 13.1. The van der Waals surface area contributed by atoms with Gasteiger partial charge in [0, 0.05) is 56.9 Å². The number of nitriles is 1. The second-order valence-corrected chi connectivity index (χ2v) is 14.6. The van der Waals surface area contributed by atoms with Crippen LogP contribution in [0.2, 0.25) is 5.02 Å². The van der Waals surface area contributed by atoms with Crippen molar-refractivity contribution in [2.75, 3.05) is 39.3 Å². The fourth-order valence-corrected chi connectivity index (χ4v) is 7.37. The molecule has 2 saturated heterocycles. The Kier molecular flexibility index (Phi) is 11.6. The lowest BCUT2D eigenvalue weighted by atomic mass is 10.0. The third-order valence-corrected chi connectivity index (χ3v) is 10.4. The lowest BCUT2D eigenvalue weighted by molar-refractivity contribution is -0.136. The summed E-state index contributed by atoms with van der Waals surface area (Å²) < 4.78 is 7.66. The van der Waals surface area contributed by atoms with Crippen LogP contribution in [0.5, 0.6) is 5.75 Å². The topological polar surface area (TPSA) is 199 Å². The van der Waals surface area contributed by atoms with Gasteiger partial charge in [0.25, 0.3) is 17.7 Å². The Morgan fingerprint density at radius 3 is 2.57 bits per heavy atom. The Balaban J connectivity index is 0.789. The first-order valence-corrected chi connectivity index (χ1v) is 19.0. The lowest BCUT2D eigenvalue weighted by Crippen LogP contribution is -2.54. The molecule has 17 heteroatoms. The standard InChI is InChI=1S/C39H41ClN10O6/c1-24(22-49-12-10-32(46-49)25-4-5-26(21-41)31(40)18-25)42-36(52)33-19-27(44-45-33)23-48-15-13-47(14-16-48)11-2-3-17-56-28-6-7-29-30(20-28)39(55)50(38(29)54)34-8-9-35(51)43-37(34)53/h4-7,10,12,18-20,24,34H,2-3,8-9,11,13-17,22-23H2,1H3,(H,42,52)(H,44,45)(H,43,51,53). The summed E-state index contributed by atoms with van der Waals surface area (Å²) in [6, 6.07) is 14.4. The van der Waals surface area contributed by atoms with Gasteiger partial charge in [-0.25, -0.2) is 0 Å². The molecule has 3 N–H and O–H groups in total. The molecule has 0 aliphatic carbocycles. The van der Waals surface area contributed by atoms with Gasteiger partial charge >= 0.3 is 0 Å². The number of ether oxygens (including phenoxy) is 1. The number of carbonyl (C=O) groups is 5. The highest BCUT2D eigenvalue weighted by atomic mass is 35.5. The zero-order valence-corrected chi connectivity index (χ0v) is 31.6. The van der Waals surface area contributed by atoms with Crippen LogP contribution in [0.3, 0.4) is 0 Å². The SMILES string of the molecule is CC(Cn1ccc(-c2ccc(C#N)c(Cl)c2)n1)NC(=O)c1cc(CN2CCN(CCCCOc3ccc4c(c3)C(=O)N(C3CCC(=O)NC3=O)C4=O)CC2)[nH]n1. The van der Waals surface area contributed by atoms with E-state index < -0.39 is 29.7 Å². The summed E-state index contributed by atoms with van der Waals surface area (Å²) in [4.78, 5) is 68.5. The second-order valence-electron chi connectivity index (χ2n) is 14.2. The molecule has 7 rings (SSSR count). The van der Waals surface area contributed by atoms with Crippen LogP contribution in [0.4, 0.5) is 0 Å². The van der Waals surface area contributed by atoms with Crippen molar-refractivity contribution in [3.63, 3.8) is 0 Å². The van der Waals surface area contributed by atoms with E-state index in [0.29, 0.717) is 41.7 Å². The molecule has 2 aromatic carbocycles. The number of piperidine rings is 1. The first kappa shape index (κ1) is 38.4. The van der Waals surface area contributed by atoms with E-state index in [1.807, 2.05) is 19.2 Å². The minimum absolute atomic E-state index is 0.0700. The Hall–Kier alpha value is -5.89. The molecule has 56 heavy (non-hydrogen) atoms. The maximum Gasteiger partial charge on any atom is 0.272 e. The zero-order chi connectivity index (χ0) is 39.3. The van der Waals surface area contributed by atoms with Gasteiger partial charge in [-0.2, -0.15) is 15.5 Å². The smallest absolute Gasteiger partial charge is 0.272 e. The fourth-order valence-electron chi connectivity index (χ4n) is 7.14. The number of amides is 5. The van der Waals surface area contributed by atoms with E-state index in [1.165, 1.54) is 0 Å². The van der Waals surface area contributed by atoms with Crippen LogP contribution >= 0.6 is 11.6 Å². The van der Waals surface area contributed by atoms with Gasteiger partial charge in [-0.1, -0.05) is 17.7 Å². The normalized spacial score (nSPS) is 18.1. The predicted octanol–water partition coefficient (Wildman–Crippen LogP) is 2.99. The van der Waals surface area contributed by atoms with Crippen LogP contribution in [0.1, 0.15) is 75.1 Å². The van der Waals surface area contributed by atoms with E-state index in [4.69, 9.17) is 21.6 Å². The molecule has 5 heterocycles. The molecule has 0 spiro atoms. The van der Waals surface area contributed by atoms with Crippen molar-refractivity contribution in [3.8, 4) is 23.1 Å². The van der Waals surface area contributed by atoms with Crippen molar-refractivity contribution in [1.82, 2.24) is 45.3 Å². The van der Waals surface area contributed by atoms with Crippen molar-refractivity contribution in [3.05, 3.63) is 87.8 Å². The van der Waals surface area contributed by atoms with Gasteiger partial charge in [-0.15, -0.1) is 0 Å². The number of nitrogens with zero attached hydrogens (tertiary/aromatic N) is 7. The number of piperazine rings is 1. The number of hydrogen-bond acceptors (Lipinski definition) is 11. The molecule has 2 fully saturated rings. The van der Waals surface area contributed by atoms with Crippen LogP contribution in [-0.4, -0.2) is 116 Å². The van der Waals surface area contributed by atoms with Crippen LogP contribution in [0, 0.1) is 11.3 Å². The van der Waals surface area contributed by atoms with Gasteiger partial charge in [0.15, 0.2) is 0 Å². The Bertz CT molecular complexity index is 2200. The molecule has 2 unspecified atom stereocenters. The highest BCUT2D eigenvalue weighted by molar-refractivity contribution is 6.32. The lowest BCUT2D eigenvalue weighted by Gasteiger charge is -2.34. The van der Waals surface area contributed by atoms with Gasteiger partial charge < -0.3 is 15.0 Å². The quantitative estimate of drug-likeness (QED) is 0.126. The number of aromatic nitrogens is 4. The molecule has 0 saturated carbocycles. The van der Waals surface area contributed by atoms with E-state index in [-0.39, 0.29) is 35.9 Å². The number of nitrogens with one attached hydrogen (secondary N) is 3. The summed E-state index contributed by atoms with van der Waals surface area (Å²) in [7, 11) is 0. The molecule has 0 radical (unpaired) electrons. The molecule has 3 aliphatic heterocycles. The molecular weight excluding hydrogens is 740 g/mol. The zero-order valence-electron chi connectivity index (χ0n) is 30.8. The van der Waals surface area contributed by atoms with Gasteiger partial charge in [0.1, 0.15) is 23.6 Å². The van der Waals surface area contributed by atoms with Crippen molar-refractivity contribution in [1.29, 1.82) is 5.26 Å². The molecule has 0 bridgehead atoms. The van der Waals surface area contributed by atoms with Gasteiger partial charge in [-0.3, -0.25) is 48.9 Å². The molecule has 16 nitrogen and oxygen atoms in total. The van der Waals surface area contributed by atoms with Crippen LogP contribution in [-0.2, 0) is 22.7 Å². The van der Waals surface area contributed by atoms with Gasteiger partial charge in [-0.05, 0) is 75.2 Å². The first-order chi connectivity index (χ1) is 27.1. The number of aromatic amines is 1. The van der Waals surface area contributed by atoms with Crippen molar-refractivity contribution in [2.24, 2.45) is 0 Å². The monoisotopic (exact) mass is 780 g/mol. The Morgan fingerprint density at radius 1 is 1.02 bits per heavy atom. The summed E-state index contributed by atoms with van der Waals surface area (Å²) in [6.07, 6.45) is 3.75. The average Bonchev–Trinajstić information content (AvgIpc) is 3.91. The third kappa shape index (κ3) is 8.65. The maximum absolute atomic E-state index is 13.1. The Labute approximate surface area is 327 Å². The fraction of sp³-hybridized carbons (Fsp3) is 0.385. The molecule has 2 atom stereocenters. The molecule has 4 aromatic rings. The van der Waals surface area contributed by atoms with E-state index in [9.17, 15) is 24.0 Å². The minimum atomic E-state index is -1.00. The second kappa shape index (κ2) is 16.9. The number of hydrogen-bond donors (Lipinski definition) is 3. The summed E-state index contributed by atoms with van der Waals surface area (Å²) >= 11 is 6.18. The highest BCUT2D eigenvalue weighted by Crippen LogP contribution is 2.30. The number of rotatable bonds is 14.